The third-order valence-corrected chi connectivity index (χ3v) is 4.19. The number of hydrogen-bond donors (Lipinski definition) is 1. The summed E-state index contributed by atoms with van der Waals surface area (Å²) in [5.74, 6) is -1.26. The second-order valence-electron chi connectivity index (χ2n) is 7.09. The van der Waals surface area contributed by atoms with Gasteiger partial charge in [0.1, 0.15) is 6.54 Å². The van der Waals surface area contributed by atoms with Crippen LogP contribution in [-0.4, -0.2) is 29.2 Å². The quantitative estimate of drug-likeness (QED) is 0.875. The lowest BCUT2D eigenvalue weighted by atomic mass is 9.86. The Labute approximate surface area is 146 Å². The normalized spacial score (nSPS) is 13.8. The predicted octanol–water partition coefficient (Wildman–Crippen LogP) is 3.22. The van der Waals surface area contributed by atoms with Gasteiger partial charge in [0.15, 0.2) is 0 Å². The lowest BCUT2D eigenvalue weighted by Crippen LogP contribution is -2.37. The van der Waals surface area contributed by atoms with E-state index in [1.807, 2.05) is 24.3 Å². The molecule has 128 valence electrons. The first-order valence-corrected chi connectivity index (χ1v) is 8.13. The van der Waals surface area contributed by atoms with E-state index in [0.29, 0.717) is 16.8 Å². The molecule has 2 aromatic carbocycles. The molecular formula is C20H20N2O3. The van der Waals surface area contributed by atoms with Gasteiger partial charge < -0.3 is 5.32 Å². The third kappa shape index (κ3) is 3.18. The van der Waals surface area contributed by atoms with Gasteiger partial charge in [-0.1, -0.05) is 51.1 Å². The summed E-state index contributed by atoms with van der Waals surface area (Å²) in [6.07, 6.45) is 0. The van der Waals surface area contributed by atoms with Crippen LogP contribution in [0.1, 0.15) is 47.1 Å². The van der Waals surface area contributed by atoms with Crippen LogP contribution in [0.5, 0.6) is 0 Å². The summed E-state index contributed by atoms with van der Waals surface area (Å²) in [5.41, 5.74) is 2.23. The summed E-state index contributed by atoms with van der Waals surface area (Å²) in [6, 6.07) is 14.1. The highest BCUT2D eigenvalue weighted by Crippen LogP contribution is 2.29. The lowest BCUT2D eigenvalue weighted by Gasteiger charge is -2.23. The minimum absolute atomic E-state index is 0.139. The molecule has 2 aromatic rings. The molecule has 0 atom stereocenters. The Morgan fingerprint density at radius 1 is 0.920 bits per heavy atom. The molecule has 3 rings (SSSR count). The zero-order valence-corrected chi connectivity index (χ0v) is 14.5. The van der Waals surface area contributed by atoms with Gasteiger partial charge in [0.25, 0.3) is 11.8 Å². The molecular weight excluding hydrogens is 316 g/mol. The van der Waals surface area contributed by atoms with E-state index in [0.717, 1.165) is 10.5 Å². The lowest BCUT2D eigenvalue weighted by molar-refractivity contribution is -0.116. The minimum atomic E-state index is -0.431. The first-order valence-electron chi connectivity index (χ1n) is 8.13. The highest BCUT2D eigenvalue weighted by atomic mass is 16.2. The van der Waals surface area contributed by atoms with Crippen LogP contribution in [0.3, 0.4) is 0 Å². The number of hydrogen-bond acceptors (Lipinski definition) is 3. The molecule has 5 nitrogen and oxygen atoms in total. The van der Waals surface area contributed by atoms with E-state index in [4.69, 9.17) is 0 Å². The monoisotopic (exact) mass is 336 g/mol. The number of para-hydroxylation sites is 1. The number of amides is 3. The minimum Gasteiger partial charge on any atom is -0.324 e. The van der Waals surface area contributed by atoms with Crippen molar-refractivity contribution >= 4 is 23.4 Å². The van der Waals surface area contributed by atoms with E-state index in [2.05, 4.69) is 26.1 Å². The Morgan fingerprint density at radius 3 is 2.00 bits per heavy atom. The summed E-state index contributed by atoms with van der Waals surface area (Å²) in [6.45, 7) is 5.87. The van der Waals surface area contributed by atoms with Gasteiger partial charge in [0, 0.05) is 5.69 Å². The number of nitrogens with zero attached hydrogens (tertiary/aromatic N) is 1. The first-order chi connectivity index (χ1) is 11.8. The van der Waals surface area contributed by atoms with Gasteiger partial charge >= 0.3 is 0 Å². The average Bonchev–Trinajstić information content (AvgIpc) is 2.80. The average molecular weight is 336 g/mol. The highest BCUT2D eigenvalue weighted by Gasteiger charge is 2.36. The third-order valence-electron chi connectivity index (χ3n) is 4.19. The van der Waals surface area contributed by atoms with Gasteiger partial charge in [0.2, 0.25) is 5.91 Å². The molecule has 0 aliphatic carbocycles. The fraction of sp³-hybridized carbons (Fsp3) is 0.250. The standard InChI is InChI=1S/C20H20N2O3/c1-20(2,3)15-10-6-7-11-16(15)21-17(23)12-22-18(24)13-8-4-5-9-14(13)19(22)25/h4-11H,12H2,1-3H3,(H,21,23). The van der Waals surface area contributed by atoms with Crippen molar-refractivity contribution in [3.8, 4) is 0 Å². The summed E-state index contributed by atoms with van der Waals surface area (Å²) in [7, 11) is 0. The Morgan fingerprint density at radius 2 is 1.44 bits per heavy atom. The molecule has 25 heavy (non-hydrogen) atoms. The maximum Gasteiger partial charge on any atom is 0.262 e. The molecule has 0 aromatic heterocycles. The first kappa shape index (κ1) is 16.9. The molecule has 1 aliphatic heterocycles. The van der Waals surface area contributed by atoms with Crippen LogP contribution in [0.2, 0.25) is 0 Å². The van der Waals surface area contributed by atoms with Gasteiger partial charge in [0.05, 0.1) is 11.1 Å². The van der Waals surface area contributed by atoms with Crippen molar-refractivity contribution in [2.24, 2.45) is 0 Å². The van der Waals surface area contributed by atoms with Gasteiger partial charge in [-0.05, 0) is 29.2 Å². The number of carbonyl (C=O) groups excluding carboxylic acids is 3. The van der Waals surface area contributed by atoms with E-state index in [1.54, 1.807) is 24.3 Å². The van der Waals surface area contributed by atoms with E-state index in [-0.39, 0.29) is 12.0 Å². The topological polar surface area (TPSA) is 66.5 Å². The largest absolute Gasteiger partial charge is 0.324 e. The maximum absolute atomic E-state index is 12.4. The molecule has 0 saturated carbocycles. The van der Waals surface area contributed by atoms with E-state index >= 15 is 0 Å². The van der Waals surface area contributed by atoms with Gasteiger partial charge in [-0.2, -0.15) is 0 Å². The zero-order valence-electron chi connectivity index (χ0n) is 14.5. The van der Waals surface area contributed by atoms with Crippen molar-refractivity contribution in [3.05, 3.63) is 65.2 Å². The number of carbonyl (C=O) groups is 3. The Hall–Kier alpha value is -2.95. The Balaban J connectivity index is 1.77. The Kier molecular flexibility index (Phi) is 4.17. The van der Waals surface area contributed by atoms with Crippen molar-refractivity contribution in [3.63, 3.8) is 0 Å². The summed E-state index contributed by atoms with van der Waals surface area (Å²) < 4.78 is 0. The number of rotatable bonds is 3. The van der Waals surface area contributed by atoms with Crippen LogP contribution in [0.15, 0.2) is 48.5 Å². The zero-order chi connectivity index (χ0) is 18.2. The second kappa shape index (κ2) is 6.16. The van der Waals surface area contributed by atoms with Crippen molar-refractivity contribution in [2.75, 3.05) is 11.9 Å². The molecule has 3 amide bonds. The van der Waals surface area contributed by atoms with E-state index in [9.17, 15) is 14.4 Å². The molecule has 0 bridgehead atoms. The maximum atomic E-state index is 12.4. The number of benzene rings is 2. The fourth-order valence-corrected chi connectivity index (χ4v) is 2.96. The molecule has 0 fully saturated rings. The molecule has 5 heteroatoms. The highest BCUT2D eigenvalue weighted by molar-refractivity contribution is 6.22. The van der Waals surface area contributed by atoms with Crippen LogP contribution < -0.4 is 5.32 Å². The summed E-state index contributed by atoms with van der Waals surface area (Å²) in [4.78, 5) is 38.1. The molecule has 1 heterocycles. The van der Waals surface area contributed by atoms with Crippen molar-refractivity contribution in [2.45, 2.75) is 26.2 Å². The number of fused-ring (bicyclic) bond motifs is 1. The van der Waals surface area contributed by atoms with Crippen LogP contribution in [0.4, 0.5) is 5.69 Å². The van der Waals surface area contributed by atoms with E-state index in [1.165, 1.54) is 0 Å². The smallest absolute Gasteiger partial charge is 0.262 e. The number of nitrogens with one attached hydrogen (secondary N) is 1. The van der Waals surface area contributed by atoms with Crippen LogP contribution in [-0.2, 0) is 10.2 Å². The fourth-order valence-electron chi connectivity index (χ4n) is 2.96. The second-order valence-corrected chi connectivity index (χ2v) is 7.09. The summed E-state index contributed by atoms with van der Waals surface area (Å²) in [5, 5.41) is 2.83. The molecule has 1 aliphatic rings. The van der Waals surface area contributed by atoms with Gasteiger partial charge in [-0.3, -0.25) is 19.3 Å². The molecule has 1 N–H and O–H groups in total. The van der Waals surface area contributed by atoms with Gasteiger partial charge in [-0.15, -0.1) is 0 Å². The predicted molar refractivity (Wildman–Crippen MR) is 95.6 cm³/mol. The number of imide groups is 1. The van der Waals surface area contributed by atoms with E-state index < -0.39 is 17.7 Å². The van der Waals surface area contributed by atoms with Crippen LogP contribution in [0.25, 0.3) is 0 Å². The molecule has 0 unspecified atom stereocenters. The van der Waals surface area contributed by atoms with Crippen molar-refractivity contribution < 1.29 is 14.4 Å². The van der Waals surface area contributed by atoms with Crippen molar-refractivity contribution in [1.82, 2.24) is 4.90 Å². The Bertz CT molecular complexity index is 830. The van der Waals surface area contributed by atoms with Crippen LogP contribution >= 0.6 is 0 Å². The molecule has 0 radical (unpaired) electrons. The molecule has 0 saturated heterocycles. The molecule has 0 spiro atoms. The summed E-state index contributed by atoms with van der Waals surface area (Å²) >= 11 is 0. The van der Waals surface area contributed by atoms with Crippen molar-refractivity contribution in [1.29, 1.82) is 0 Å². The number of anilines is 1. The van der Waals surface area contributed by atoms with Gasteiger partial charge in [-0.25, -0.2) is 0 Å². The SMILES string of the molecule is CC(C)(C)c1ccccc1NC(=O)CN1C(=O)c2ccccc2C1=O. The van der Waals surface area contributed by atoms with Crippen LogP contribution in [0, 0.1) is 0 Å².